The molecular weight excluding hydrogens is 340 g/mol. The predicted octanol–water partition coefficient (Wildman–Crippen LogP) is 0.528. The van der Waals surface area contributed by atoms with E-state index in [-0.39, 0.29) is 36.1 Å². The van der Waals surface area contributed by atoms with Gasteiger partial charge in [0.1, 0.15) is 0 Å². The average Bonchev–Trinajstić information content (AvgIpc) is 2.86. The summed E-state index contributed by atoms with van der Waals surface area (Å²) in [6, 6.07) is 3.36. The molecule has 0 aromatic heterocycles. The van der Waals surface area contributed by atoms with Crippen molar-refractivity contribution >= 4 is 15.7 Å². The van der Waals surface area contributed by atoms with E-state index < -0.39 is 9.84 Å². The Balaban J connectivity index is 1.92. The number of aryl methyl sites for hydroxylation is 3. The third-order valence-corrected chi connectivity index (χ3v) is 7.21. The molecule has 2 aliphatic heterocycles. The van der Waals surface area contributed by atoms with Gasteiger partial charge in [-0.3, -0.25) is 9.69 Å². The summed E-state index contributed by atoms with van der Waals surface area (Å²) in [6.45, 7) is 7.44. The Labute approximate surface area is 149 Å². The van der Waals surface area contributed by atoms with Gasteiger partial charge in [-0.2, -0.15) is 0 Å². The Morgan fingerprint density at radius 3 is 2.40 bits per heavy atom. The molecule has 7 heteroatoms. The minimum absolute atomic E-state index is 0.00647. The maximum atomic E-state index is 13.2. The monoisotopic (exact) mass is 366 g/mol. The standard InChI is InChI=1S/C18H26N2O4S/c1-12-8-14(3)15(9-13(12)2)18(22)20-5-4-19(6-7-21)16-10-25(23,24)11-17(16)20/h8-9,16-17,21H,4-7,10-11H2,1-3H3. The number of hydrogen-bond donors (Lipinski definition) is 1. The molecule has 2 saturated heterocycles. The summed E-state index contributed by atoms with van der Waals surface area (Å²) in [5, 5.41) is 9.24. The van der Waals surface area contributed by atoms with Crippen molar-refractivity contribution in [3.05, 3.63) is 34.4 Å². The quantitative estimate of drug-likeness (QED) is 0.844. The molecule has 2 aliphatic rings. The highest BCUT2D eigenvalue weighted by molar-refractivity contribution is 7.91. The van der Waals surface area contributed by atoms with Gasteiger partial charge >= 0.3 is 0 Å². The van der Waals surface area contributed by atoms with E-state index in [0.29, 0.717) is 25.2 Å². The zero-order valence-corrected chi connectivity index (χ0v) is 15.8. The molecule has 1 N–H and O–H groups in total. The fraction of sp³-hybridized carbons (Fsp3) is 0.611. The van der Waals surface area contributed by atoms with Crippen molar-refractivity contribution in [2.75, 3.05) is 37.7 Å². The Kier molecular flexibility index (Phi) is 4.92. The van der Waals surface area contributed by atoms with E-state index in [0.717, 1.165) is 16.7 Å². The van der Waals surface area contributed by atoms with Crippen LogP contribution < -0.4 is 0 Å². The molecule has 138 valence electrons. The van der Waals surface area contributed by atoms with Crippen LogP contribution in [0.25, 0.3) is 0 Å². The van der Waals surface area contributed by atoms with E-state index in [4.69, 9.17) is 0 Å². The molecule has 0 radical (unpaired) electrons. The van der Waals surface area contributed by atoms with Gasteiger partial charge < -0.3 is 10.0 Å². The van der Waals surface area contributed by atoms with Crippen LogP contribution in [0, 0.1) is 20.8 Å². The first-order chi connectivity index (χ1) is 11.7. The fourth-order valence-corrected chi connectivity index (χ4v) is 6.04. The van der Waals surface area contributed by atoms with Crippen molar-refractivity contribution in [2.24, 2.45) is 0 Å². The summed E-state index contributed by atoms with van der Waals surface area (Å²) >= 11 is 0. The second-order valence-corrected chi connectivity index (χ2v) is 9.37. The van der Waals surface area contributed by atoms with Crippen LogP contribution in [-0.4, -0.2) is 79.1 Å². The van der Waals surface area contributed by atoms with Crippen molar-refractivity contribution in [2.45, 2.75) is 32.9 Å². The number of nitrogens with zero attached hydrogens (tertiary/aromatic N) is 2. The van der Waals surface area contributed by atoms with Gasteiger partial charge in [-0.05, 0) is 43.5 Å². The van der Waals surface area contributed by atoms with Gasteiger partial charge in [-0.25, -0.2) is 8.42 Å². The van der Waals surface area contributed by atoms with Gasteiger partial charge in [0.15, 0.2) is 9.84 Å². The summed E-state index contributed by atoms with van der Waals surface area (Å²) in [7, 11) is -3.17. The van der Waals surface area contributed by atoms with Crippen LogP contribution in [0.15, 0.2) is 12.1 Å². The largest absolute Gasteiger partial charge is 0.395 e. The Bertz CT molecular complexity index is 791. The van der Waals surface area contributed by atoms with Crippen molar-refractivity contribution in [3.8, 4) is 0 Å². The van der Waals surface area contributed by atoms with E-state index >= 15 is 0 Å². The summed E-state index contributed by atoms with van der Waals surface area (Å²) in [5.41, 5.74) is 3.77. The molecule has 2 atom stereocenters. The number of aliphatic hydroxyl groups is 1. The third-order valence-electron chi connectivity index (χ3n) is 5.51. The number of amides is 1. The molecule has 2 heterocycles. The van der Waals surface area contributed by atoms with Crippen LogP contribution >= 0.6 is 0 Å². The average molecular weight is 366 g/mol. The summed E-state index contributed by atoms with van der Waals surface area (Å²) in [5.74, 6) is -0.0147. The zero-order chi connectivity index (χ0) is 18.4. The number of benzene rings is 1. The highest BCUT2D eigenvalue weighted by Gasteiger charge is 2.48. The van der Waals surface area contributed by atoms with E-state index in [2.05, 4.69) is 0 Å². The van der Waals surface area contributed by atoms with Crippen LogP contribution in [0.5, 0.6) is 0 Å². The third kappa shape index (κ3) is 3.45. The van der Waals surface area contributed by atoms with Crippen LogP contribution in [0.4, 0.5) is 0 Å². The molecule has 25 heavy (non-hydrogen) atoms. The first-order valence-corrected chi connectivity index (χ1v) is 10.5. The van der Waals surface area contributed by atoms with Crippen LogP contribution in [0.1, 0.15) is 27.0 Å². The van der Waals surface area contributed by atoms with Crippen LogP contribution in [0.3, 0.4) is 0 Å². The van der Waals surface area contributed by atoms with Gasteiger partial charge in [0, 0.05) is 31.2 Å². The molecule has 0 bridgehead atoms. The lowest BCUT2D eigenvalue weighted by Crippen LogP contribution is -2.61. The lowest BCUT2D eigenvalue weighted by Gasteiger charge is -2.43. The number of hydrogen-bond acceptors (Lipinski definition) is 5. The number of fused-ring (bicyclic) bond motifs is 1. The fourth-order valence-electron chi connectivity index (χ4n) is 4.03. The molecule has 1 aromatic rings. The van der Waals surface area contributed by atoms with Gasteiger partial charge in [0.05, 0.1) is 24.2 Å². The Morgan fingerprint density at radius 1 is 1.08 bits per heavy atom. The van der Waals surface area contributed by atoms with E-state index in [1.165, 1.54) is 0 Å². The second kappa shape index (κ2) is 6.70. The van der Waals surface area contributed by atoms with Gasteiger partial charge in [0.2, 0.25) is 0 Å². The molecule has 2 fully saturated rings. The first kappa shape index (κ1) is 18.4. The second-order valence-electron chi connectivity index (χ2n) is 7.22. The topological polar surface area (TPSA) is 77.9 Å². The lowest BCUT2D eigenvalue weighted by atomic mass is 9.97. The zero-order valence-electron chi connectivity index (χ0n) is 15.0. The maximum Gasteiger partial charge on any atom is 0.254 e. The highest BCUT2D eigenvalue weighted by atomic mass is 32.2. The number of rotatable bonds is 3. The van der Waals surface area contributed by atoms with E-state index in [1.807, 2.05) is 37.8 Å². The van der Waals surface area contributed by atoms with Crippen LogP contribution in [-0.2, 0) is 9.84 Å². The van der Waals surface area contributed by atoms with E-state index in [9.17, 15) is 18.3 Å². The van der Waals surface area contributed by atoms with Crippen molar-refractivity contribution in [1.29, 1.82) is 0 Å². The van der Waals surface area contributed by atoms with Gasteiger partial charge in [-0.1, -0.05) is 6.07 Å². The van der Waals surface area contributed by atoms with Gasteiger partial charge in [-0.15, -0.1) is 0 Å². The number of piperazine rings is 1. The molecule has 6 nitrogen and oxygen atoms in total. The number of aliphatic hydroxyl groups excluding tert-OH is 1. The molecule has 2 unspecified atom stereocenters. The summed E-state index contributed by atoms with van der Waals surface area (Å²) in [6.07, 6.45) is 0. The lowest BCUT2D eigenvalue weighted by molar-refractivity contribution is 0.0280. The Hall–Kier alpha value is -1.44. The minimum Gasteiger partial charge on any atom is -0.395 e. The summed E-state index contributed by atoms with van der Waals surface area (Å²) < 4.78 is 24.4. The number of carbonyl (C=O) groups is 1. The van der Waals surface area contributed by atoms with Crippen molar-refractivity contribution in [1.82, 2.24) is 9.80 Å². The molecule has 1 aromatic carbocycles. The smallest absolute Gasteiger partial charge is 0.254 e. The molecule has 0 aliphatic carbocycles. The minimum atomic E-state index is -3.17. The number of carbonyl (C=O) groups excluding carboxylic acids is 1. The summed E-state index contributed by atoms with van der Waals surface area (Å²) in [4.78, 5) is 16.9. The molecule has 1 amide bonds. The van der Waals surface area contributed by atoms with Crippen LogP contribution in [0.2, 0.25) is 0 Å². The highest BCUT2D eigenvalue weighted by Crippen LogP contribution is 2.29. The molecule has 0 saturated carbocycles. The van der Waals surface area contributed by atoms with E-state index in [1.54, 1.807) is 4.90 Å². The normalized spacial score (nSPS) is 25.8. The first-order valence-electron chi connectivity index (χ1n) is 8.67. The van der Waals surface area contributed by atoms with Crippen molar-refractivity contribution < 1.29 is 18.3 Å². The molecule has 0 spiro atoms. The maximum absolute atomic E-state index is 13.2. The Morgan fingerprint density at radius 2 is 1.72 bits per heavy atom. The van der Waals surface area contributed by atoms with Crippen molar-refractivity contribution in [3.63, 3.8) is 0 Å². The number of β-amino-alcohol motifs (C(OH)–C–C–N with tert-alkyl or cyclic N) is 1. The number of sulfone groups is 1. The van der Waals surface area contributed by atoms with Gasteiger partial charge in [0.25, 0.3) is 5.91 Å². The SMILES string of the molecule is Cc1cc(C)c(C(=O)N2CCN(CCO)C3CS(=O)(=O)CC32)cc1C. The predicted molar refractivity (Wildman–Crippen MR) is 96.6 cm³/mol. The molecular formula is C18H26N2O4S. The molecule has 3 rings (SSSR count).